The molecule has 56 heavy (non-hydrogen) atoms. The van der Waals surface area contributed by atoms with Crippen molar-refractivity contribution in [3.63, 3.8) is 0 Å². The largest absolute Gasteiger partial charge is 0.420 e. The molecule has 0 aliphatic carbocycles. The van der Waals surface area contributed by atoms with E-state index in [-0.39, 0.29) is 22.5 Å². The number of rotatable bonds is 5. The van der Waals surface area contributed by atoms with Gasteiger partial charge in [0.15, 0.2) is 11.6 Å². The standard InChI is InChI=1S/C45H25F5N6/c46-29-21-28(22-30(47)25-29)31-13-16-40(55-36-9-3-1-7-32(36)34-23-26(11-14-38(34)55)43-51-17-5-18-52-43)41(45(48,49)50)42(31)56-37-10-4-2-8-33(37)35-24-27(12-15-39(35)56)44-53-19-6-20-54-44/h1-25H. The molecule has 0 aliphatic heterocycles. The number of benzene rings is 6. The van der Waals surface area contributed by atoms with E-state index in [0.29, 0.717) is 67.1 Å². The van der Waals surface area contributed by atoms with Crippen LogP contribution in [0.1, 0.15) is 5.56 Å². The number of hydrogen-bond donors (Lipinski definition) is 0. The predicted octanol–water partition coefficient (Wildman–Crippen LogP) is 11.8. The molecule has 0 bridgehead atoms. The van der Waals surface area contributed by atoms with Gasteiger partial charge in [-0.25, -0.2) is 28.7 Å². The third kappa shape index (κ3) is 5.30. The molecule has 0 unspecified atom stereocenters. The van der Waals surface area contributed by atoms with Crippen molar-refractivity contribution in [2.45, 2.75) is 6.18 Å². The molecule has 4 heterocycles. The third-order valence-electron chi connectivity index (χ3n) is 10.1. The first-order valence-corrected chi connectivity index (χ1v) is 17.6. The first-order chi connectivity index (χ1) is 27.2. The summed E-state index contributed by atoms with van der Waals surface area (Å²) in [6, 6.07) is 34.2. The molecule has 10 aromatic rings. The molecular weight excluding hydrogens is 720 g/mol. The van der Waals surface area contributed by atoms with Gasteiger partial charge in [0.2, 0.25) is 0 Å². The van der Waals surface area contributed by atoms with Crippen LogP contribution >= 0.6 is 0 Å². The summed E-state index contributed by atoms with van der Waals surface area (Å²) in [7, 11) is 0. The summed E-state index contributed by atoms with van der Waals surface area (Å²) in [5.74, 6) is -0.907. The predicted molar refractivity (Wildman–Crippen MR) is 208 cm³/mol. The van der Waals surface area contributed by atoms with Crippen molar-refractivity contribution < 1.29 is 22.0 Å². The van der Waals surface area contributed by atoms with Crippen LogP contribution in [-0.2, 0) is 6.18 Å². The number of fused-ring (bicyclic) bond motifs is 6. The van der Waals surface area contributed by atoms with E-state index in [1.54, 1.807) is 94.6 Å². The molecule has 0 N–H and O–H groups in total. The minimum atomic E-state index is -4.97. The summed E-state index contributed by atoms with van der Waals surface area (Å²) in [5.41, 5.74) is 1.83. The van der Waals surface area contributed by atoms with Gasteiger partial charge in [-0.2, -0.15) is 13.2 Å². The van der Waals surface area contributed by atoms with Gasteiger partial charge in [-0.05, 0) is 84.4 Å². The molecule has 6 aromatic carbocycles. The van der Waals surface area contributed by atoms with Gasteiger partial charge >= 0.3 is 6.18 Å². The minimum Gasteiger partial charge on any atom is -0.309 e. The molecule has 0 amide bonds. The van der Waals surface area contributed by atoms with Crippen LogP contribution in [0, 0.1) is 11.6 Å². The SMILES string of the molecule is Fc1cc(F)cc(-c2ccc(-n3c4ccccc4c4cc(-c5ncccn5)ccc43)c(C(F)(F)F)c2-n2c3ccccc3c3cc(-c4ncccn4)ccc32)c1. The van der Waals surface area contributed by atoms with Crippen LogP contribution < -0.4 is 0 Å². The van der Waals surface area contributed by atoms with E-state index >= 15 is 13.2 Å². The number of alkyl halides is 3. The topological polar surface area (TPSA) is 61.4 Å². The summed E-state index contributed by atoms with van der Waals surface area (Å²) >= 11 is 0. The monoisotopic (exact) mass is 744 g/mol. The Kier molecular flexibility index (Phi) is 7.53. The Morgan fingerprint density at radius 1 is 0.429 bits per heavy atom. The zero-order chi connectivity index (χ0) is 38.1. The number of aromatic nitrogens is 6. The highest BCUT2D eigenvalue weighted by Crippen LogP contribution is 2.48. The Balaban J connectivity index is 1.35. The number of halogens is 5. The smallest absolute Gasteiger partial charge is 0.309 e. The first kappa shape index (κ1) is 33.3. The lowest BCUT2D eigenvalue weighted by atomic mass is 9.96. The molecule has 270 valence electrons. The summed E-state index contributed by atoms with van der Waals surface area (Å²) in [5, 5.41) is 2.73. The molecule has 10 rings (SSSR count). The van der Waals surface area contributed by atoms with Crippen LogP contribution in [-0.4, -0.2) is 29.1 Å². The van der Waals surface area contributed by atoms with Crippen molar-refractivity contribution >= 4 is 43.6 Å². The molecule has 6 nitrogen and oxygen atoms in total. The van der Waals surface area contributed by atoms with E-state index in [2.05, 4.69) is 19.9 Å². The van der Waals surface area contributed by atoms with Crippen molar-refractivity contribution in [1.29, 1.82) is 0 Å². The molecule has 0 spiro atoms. The highest BCUT2D eigenvalue weighted by molar-refractivity contribution is 6.12. The second-order valence-corrected chi connectivity index (χ2v) is 13.3. The summed E-state index contributed by atoms with van der Waals surface area (Å²) in [6.45, 7) is 0. The third-order valence-corrected chi connectivity index (χ3v) is 10.1. The van der Waals surface area contributed by atoms with Gasteiger partial charge in [0.25, 0.3) is 0 Å². The van der Waals surface area contributed by atoms with Crippen LogP contribution in [0.4, 0.5) is 22.0 Å². The highest BCUT2D eigenvalue weighted by atomic mass is 19.4. The minimum absolute atomic E-state index is 0.0122. The number of nitrogens with zero attached hydrogens (tertiary/aromatic N) is 6. The normalized spacial score (nSPS) is 12.0. The molecule has 0 fully saturated rings. The van der Waals surface area contributed by atoms with Crippen molar-refractivity contribution in [3.8, 4) is 45.3 Å². The van der Waals surface area contributed by atoms with Crippen molar-refractivity contribution in [1.82, 2.24) is 29.1 Å². The average Bonchev–Trinajstić information content (AvgIpc) is 3.72. The van der Waals surface area contributed by atoms with Crippen LogP contribution in [0.15, 0.2) is 152 Å². The number of hydrogen-bond acceptors (Lipinski definition) is 4. The first-order valence-electron chi connectivity index (χ1n) is 17.6. The molecule has 0 radical (unpaired) electrons. The van der Waals surface area contributed by atoms with E-state index in [4.69, 9.17) is 0 Å². The second kappa shape index (κ2) is 12.7. The Hall–Kier alpha value is -7.27. The lowest BCUT2D eigenvalue weighted by Crippen LogP contribution is -2.17. The highest BCUT2D eigenvalue weighted by Gasteiger charge is 2.40. The number of para-hydroxylation sites is 2. The van der Waals surface area contributed by atoms with Crippen molar-refractivity contribution in [3.05, 3.63) is 169 Å². The van der Waals surface area contributed by atoms with Crippen molar-refractivity contribution in [2.24, 2.45) is 0 Å². The van der Waals surface area contributed by atoms with Crippen LogP contribution in [0.3, 0.4) is 0 Å². The van der Waals surface area contributed by atoms with E-state index in [0.717, 1.165) is 17.5 Å². The summed E-state index contributed by atoms with van der Waals surface area (Å²) in [6.07, 6.45) is 1.52. The Morgan fingerprint density at radius 3 is 1.45 bits per heavy atom. The molecule has 0 atom stereocenters. The fourth-order valence-corrected chi connectivity index (χ4v) is 7.84. The molecule has 0 saturated heterocycles. The van der Waals surface area contributed by atoms with E-state index in [1.807, 2.05) is 36.4 Å². The van der Waals surface area contributed by atoms with Gasteiger partial charge in [-0.15, -0.1) is 0 Å². The van der Waals surface area contributed by atoms with Gasteiger partial charge in [0.1, 0.15) is 17.2 Å². The molecule has 0 aliphatic rings. The zero-order valence-corrected chi connectivity index (χ0v) is 29.0. The zero-order valence-electron chi connectivity index (χ0n) is 29.0. The Labute approximate surface area is 314 Å². The quantitative estimate of drug-likeness (QED) is 0.165. The van der Waals surface area contributed by atoms with Gasteiger partial charge in [0, 0.05) is 69.1 Å². The summed E-state index contributed by atoms with van der Waals surface area (Å²) < 4.78 is 82.0. The lowest BCUT2D eigenvalue weighted by molar-refractivity contribution is -0.137. The van der Waals surface area contributed by atoms with E-state index in [9.17, 15) is 8.78 Å². The van der Waals surface area contributed by atoms with Gasteiger partial charge < -0.3 is 9.13 Å². The van der Waals surface area contributed by atoms with Crippen LogP contribution in [0.25, 0.3) is 88.9 Å². The van der Waals surface area contributed by atoms with Crippen molar-refractivity contribution in [2.75, 3.05) is 0 Å². The second-order valence-electron chi connectivity index (χ2n) is 13.3. The molecular formula is C45H25F5N6. The van der Waals surface area contributed by atoms with Gasteiger partial charge in [0.05, 0.1) is 33.4 Å². The van der Waals surface area contributed by atoms with Crippen LogP contribution in [0.5, 0.6) is 0 Å². The van der Waals surface area contributed by atoms with Crippen LogP contribution in [0.2, 0.25) is 0 Å². The lowest BCUT2D eigenvalue weighted by Gasteiger charge is -2.24. The Bertz CT molecular complexity index is 3130. The maximum absolute atomic E-state index is 16.3. The Morgan fingerprint density at radius 2 is 0.911 bits per heavy atom. The summed E-state index contributed by atoms with van der Waals surface area (Å²) in [4.78, 5) is 17.5. The fraction of sp³-hybridized carbons (Fsp3) is 0.0222. The average molecular weight is 745 g/mol. The van der Waals surface area contributed by atoms with Gasteiger partial charge in [-0.1, -0.05) is 42.5 Å². The van der Waals surface area contributed by atoms with Gasteiger partial charge in [-0.3, -0.25) is 0 Å². The van der Waals surface area contributed by atoms with E-state index in [1.165, 1.54) is 12.1 Å². The fourth-order valence-electron chi connectivity index (χ4n) is 7.84. The maximum atomic E-state index is 16.3. The maximum Gasteiger partial charge on any atom is 0.420 e. The molecule has 0 saturated carbocycles. The molecule has 11 heteroatoms. The van der Waals surface area contributed by atoms with E-state index < -0.39 is 23.4 Å². The molecule has 4 aromatic heterocycles.